The molecule has 1 N–H and O–H groups in total. The Balaban J connectivity index is 1.79. The molecule has 0 saturated heterocycles. The van der Waals surface area contributed by atoms with Crippen molar-refractivity contribution in [3.63, 3.8) is 0 Å². The van der Waals surface area contributed by atoms with Crippen LogP contribution < -0.4 is 10.4 Å². The number of ether oxygens (including phenoxy) is 1. The van der Waals surface area contributed by atoms with E-state index in [9.17, 15) is 9.90 Å². The Morgan fingerprint density at radius 1 is 0.971 bits per heavy atom. The van der Waals surface area contributed by atoms with E-state index >= 15 is 0 Å². The molecule has 5 heteroatoms. The molecule has 0 saturated carbocycles. The highest BCUT2D eigenvalue weighted by atomic mass is 28.3. The van der Waals surface area contributed by atoms with Crippen molar-refractivity contribution in [2.75, 3.05) is 6.61 Å². The van der Waals surface area contributed by atoms with Gasteiger partial charge in [0.2, 0.25) is 0 Å². The molecule has 4 rings (SSSR count). The lowest BCUT2D eigenvalue weighted by molar-refractivity contribution is -0.156. The molecule has 183 valence electrons. The molecular weight excluding hydrogens is 452 g/mol. The molecule has 0 amide bonds. The molecule has 35 heavy (non-hydrogen) atoms. The molecule has 0 bridgehead atoms. The van der Waals surface area contributed by atoms with Crippen molar-refractivity contribution < 1.29 is 19.1 Å². The Bertz CT molecular complexity index is 1100. The fourth-order valence-electron chi connectivity index (χ4n) is 5.07. The number of esters is 1. The Hall–Kier alpha value is -2.73. The third kappa shape index (κ3) is 5.42. The van der Waals surface area contributed by atoms with E-state index in [4.69, 9.17) is 9.16 Å². The van der Waals surface area contributed by atoms with Gasteiger partial charge in [0, 0.05) is 0 Å². The van der Waals surface area contributed by atoms with Crippen LogP contribution in [0.4, 0.5) is 0 Å². The minimum Gasteiger partial charge on any atom is -0.466 e. The van der Waals surface area contributed by atoms with Gasteiger partial charge in [-0.25, -0.2) is 0 Å². The summed E-state index contributed by atoms with van der Waals surface area (Å²) in [6, 6.07) is 26.5. The number of fused-ring (bicyclic) bond motifs is 1. The number of carbonyl (C=O) groups is 1. The second-order valence-corrected chi connectivity index (χ2v) is 12.2. The van der Waals surface area contributed by atoms with Crippen LogP contribution in [0.5, 0.6) is 0 Å². The summed E-state index contributed by atoms with van der Waals surface area (Å²) in [5.74, 6) is -0.411. The van der Waals surface area contributed by atoms with Crippen LogP contribution in [-0.2, 0) is 31.4 Å². The maximum absolute atomic E-state index is 12.7. The highest BCUT2D eigenvalue weighted by Crippen LogP contribution is 2.43. The van der Waals surface area contributed by atoms with Gasteiger partial charge >= 0.3 is 5.97 Å². The minimum atomic E-state index is -1.67. The molecular formula is C30H35O4Si. The van der Waals surface area contributed by atoms with Gasteiger partial charge in [-0.05, 0) is 52.2 Å². The van der Waals surface area contributed by atoms with Crippen LogP contribution in [0.25, 0.3) is 0 Å². The highest BCUT2D eigenvalue weighted by molar-refractivity contribution is 6.80. The van der Waals surface area contributed by atoms with Gasteiger partial charge in [-0.3, -0.25) is 4.79 Å². The second-order valence-electron chi connectivity index (χ2n) is 10.2. The summed E-state index contributed by atoms with van der Waals surface area (Å²) in [6.07, 6.45) is 0.746. The van der Waals surface area contributed by atoms with Crippen LogP contribution in [0.2, 0.25) is 0 Å². The molecule has 2 unspecified atom stereocenters. The average molecular weight is 488 g/mol. The monoisotopic (exact) mass is 487 g/mol. The quantitative estimate of drug-likeness (QED) is 0.400. The van der Waals surface area contributed by atoms with Gasteiger partial charge in [0.25, 0.3) is 9.04 Å². The smallest absolute Gasteiger partial charge is 0.309 e. The van der Waals surface area contributed by atoms with E-state index in [-0.39, 0.29) is 18.4 Å². The van der Waals surface area contributed by atoms with Crippen LogP contribution in [-0.4, -0.2) is 32.8 Å². The number of hydrogen-bond donors (Lipinski definition) is 1. The molecule has 0 spiro atoms. The van der Waals surface area contributed by atoms with Gasteiger partial charge in [-0.15, -0.1) is 0 Å². The summed E-state index contributed by atoms with van der Waals surface area (Å²) in [5, 5.41) is 14.5. The third-order valence-corrected chi connectivity index (χ3v) is 8.93. The molecule has 4 nitrogen and oxygen atoms in total. The fourth-order valence-corrected chi connectivity index (χ4v) is 7.27. The van der Waals surface area contributed by atoms with Crippen molar-refractivity contribution in [2.24, 2.45) is 0 Å². The Morgan fingerprint density at radius 3 is 2.11 bits per heavy atom. The lowest BCUT2D eigenvalue weighted by atomic mass is 9.70. The summed E-state index contributed by atoms with van der Waals surface area (Å²) in [5.41, 5.74) is 1.57. The van der Waals surface area contributed by atoms with Crippen molar-refractivity contribution in [1.29, 1.82) is 0 Å². The first-order chi connectivity index (χ1) is 16.7. The Morgan fingerprint density at radius 2 is 1.57 bits per heavy atom. The van der Waals surface area contributed by atoms with Gasteiger partial charge in [0.05, 0.1) is 19.1 Å². The molecule has 1 aliphatic carbocycles. The zero-order chi connectivity index (χ0) is 25.1. The summed E-state index contributed by atoms with van der Waals surface area (Å²) in [4.78, 5) is 12.7. The number of aliphatic hydroxyl groups is 1. The van der Waals surface area contributed by atoms with Gasteiger partial charge < -0.3 is 14.3 Å². The van der Waals surface area contributed by atoms with Crippen molar-refractivity contribution in [3.8, 4) is 0 Å². The first kappa shape index (κ1) is 25.4. The van der Waals surface area contributed by atoms with E-state index in [1.165, 1.54) is 5.56 Å². The summed E-state index contributed by atoms with van der Waals surface area (Å²) in [7, 11) is -1.67. The zero-order valence-electron chi connectivity index (χ0n) is 21.1. The highest BCUT2D eigenvalue weighted by Gasteiger charge is 2.48. The number of hydrogen-bond acceptors (Lipinski definition) is 4. The third-order valence-electron chi connectivity index (χ3n) is 6.69. The maximum Gasteiger partial charge on any atom is 0.309 e. The van der Waals surface area contributed by atoms with Crippen molar-refractivity contribution in [2.45, 2.75) is 64.1 Å². The molecule has 1 radical (unpaired) electrons. The number of carbonyl (C=O) groups excluding carboxylic acids is 1. The molecule has 1 aliphatic rings. The van der Waals surface area contributed by atoms with Crippen LogP contribution in [0.15, 0.2) is 78.9 Å². The second kappa shape index (κ2) is 10.5. The Kier molecular flexibility index (Phi) is 7.60. The largest absolute Gasteiger partial charge is 0.466 e. The van der Waals surface area contributed by atoms with Crippen LogP contribution in [0.3, 0.4) is 0 Å². The predicted octanol–water partition coefficient (Wildman–Crippen LogP) is 4.26. The van der Waals surface area contributed by atoms with Crippen LogP contribution in [0, 0.1) is 0 Å². The number of benzene rings is 3. The van der Waals surface area contributed by atoms with E-state index in [1.807, 2.05) is 48.5 Å². The van der Waals surface area contributed by atoms with E-state index < -0.39 is 26.7 Å². The van der Waals surface area contributed by atoms with E-state index in [1.54, 1.807) is 6.92 Å². The van der Waals surface area contributed by atoms with Crippen LogP contribution >= 0.6 is 0 Å². The molecule has 0 heterocycles. The standard InChI is InChI=1S/C30H35O4Si/c1-5-33-28(31)21-30(32)26-18-12-17-25(29(2,3)4)24(26)19-20-27(30)34-35(22-13-8-6-9-14-22)23-15-10-7-11-16-23/h6-18,27,32H,5,19-21H2,1-4H3. The Labute approximate surface area is 210 Å². The molecule has 2 atom stereocenters. The van der Waals surface area contributed by atoms with Crippen molar-refractivity contribution in [3.05, 3.63) is 95.6 Å². The lowest BCUT2D eigenvalue weighted by Crippen LogP contribution is -2.55. The first-order valence-corrected chi connectivity index (χ1v) is 13.8. The summed E-state index contributed by atoms with van der Waals surface area (Å²) < 4.78 is 12.2. The van der Waals surface area contributed by atoms with Gasteiger partial charge in [0.15, 0.2) is 0 Å². The lowest BCUT2D eigenvalue weighted by Gasteiger charge is -2.43. The van der Waals surface area contributed by atoms with Gasteiger partial charge in [-0.1, -0.05) is 99.6 Å². The molecule has 3 aromatic carbocycles. The average Bonchev–Trinajstić information content (AvgIpc) is 2.84. The number of rotatable bonds is 7. The van der Waals surface area contributed by atoms with E-state index in [0.717, 1.165) is 27.9 Å². The molecule has 0 aliphatic heterocycles. The van der Waals surface area contributed by atoms with E-state index in [2.05, 4.69) is 51.1 Å². The summed E-state index contributed by atoms with van der Waals surface area (Å²) >= 11 is 0. The predicted molar refractivity (Wildman–Crippen MR) is 141 cm³/mol. The summed E-state index contributed by atoms with van der Waals surface area (Å²) in [6.45, 7) is 8.61. The molecule has 0 aromatic heterocycles. The minimum absolute atomic E-state index is 0.0765. The van der Waals surface area contributed by atoms with Crippen molar-refractivity contribution >= 4 is 25.4 Å². The maximum atomic E-state index is 12.7. The van der Waals surface area contributed by atoms with Crippen molar-refractivity contribution in [1.82, 2.24) is 0 Å². The molecule has 0 fully saturated rings. The fraction of sp³-hybridized carbons (Fsp3) is 0.367. The van der Waals surface area contributed by atoms with Gasteiger partial charge in [-0.2, -0.15) is 0 Å². The van der Waals surface area contributed by atoms with Gasteiger partial charge in [0.1, 0.15) is 5.60 Å². The van der Waals surface area contributed by atoms with E-state index in [0.29, 0.717) is 6.42 Å². The zero-order valence-corrected chi connectivity index (χ0v) is 22.1. The topological polar surface area (TPSA) is 55.8 Å². The normalized spacial score (nSPS) is 19.9. The van der Waals surface area contributed by atoms with Crippen LogP contribution in [0.1, 0.15) is 57.2 Å². The SMILES string of the molecule is CCOC(=O)CC1(O)c2cccc(C(C)(C)C)c2CCC1O[Si](c1ccccc1)c1ccccc1. The first-order valence-electron chi connectivity index (χ1n) is 12.4. The molecule has 3 aromatic rings.